The van der Waals surface area contributed by atoms with E-state index in [1.54, 1.807) is 0 Å². The van der Waals surface area contributed by atoms with E-state index < -0.39 is 0 Å². The molecule has 0 saturated carbocycles. The summed E-state index contributed by atoms with van der Waals surface area (Å²) in [5.41, 5.74) is 0. The fourth-order valence-electron chi connectivity index (χ4n) is 2.99. The molecule has 1 aliphatic heterocycles. The molecule has 3 heteroatoms. The molecule has 1 rings (SSSR count). The minimum Gasteiger partial charge on any atom is -0.282 e. The van der Waals surface area contributed by atoms with Gasteiger partial charge in [0.1, 0.15) is 0 Å². The highest BCUT2D eigenvalue weighted by atomic mass is 16.2. The molecule has 1 aliphatic rings. The van der Waals surface area contributed by atoms with Crippen molar-refractivity contribution in [1.29, 1.82) is 0 Å². The zero-order valence-corrected chi connectivity index (χ0v) is 12.9. The van der Waals surface area contributed by atoms with E-state index in [9.17, 15) is 9.59 Å². The third-order valence-corrected chi connectivity index (χ3v) is 4.04. The Hall–Kier alpha value is -0.860. The zero-order chi connectivity index (χ0) is 14.4. The van der Waals surface area contributed by atoms with Crippen LogP contribution in [0.15, 0.2) is 0 Å². The highest BCUT2D eigenvalue weighted by Gasteiger charge is 2.40. The van der Waals surface area contributed by atoms with Crippen molar-refractivity contribution in [1.82, 2.24) is 4.90 Å². The molecular weight excluding hydrogens is 238 g/mol. The number of carbonyl (C=O) groups is 2. The van der Waals surface area contributed by atoms with Gasteiger partial charge in [-0.15, -0.1) is 0 Å². The van der Waals surface area contributed by atoms with Crippen LogP contribution in [0.2, 0.25) is 0 Å². The molecule has 2 atom stereocenters. The Morgan fingerprint density at radius 3 is 2.42 bits per heavy atom. The third kappa shape index (κ3) is 4.63. The molecule has 2 amide bonds. The predicted octanol–water partition coefficient (Wildman–Crippen LogP) is 3.62. The summed E-state index contributed by atoms with van der Waals surface area (Å²) in [5, 5.41) is 0. The molecular formula is C16H29NO2. The van der Waals surface area contributed by atoms with Gasteiger partial charge in [-0.25, -0.2) is 0 Å². The van der Waals surface area contributed by atoms with E-state index in [0.29, 0.717) is 24.8 Å². The van der Waals surface area contributed by atoms with Crippen LogP contribution in [-0.2, 0) is 9.59 Å². The van der Waals surface area contributed by atoms with Crippen molar-refractivity contribution < 1.29 is 9.59 Å². The van der Waals surface area contributed by atoms with Crippen molar-refractivity contribution in [2.75, 3.05) is 6.54 Å². The highest BCUT2D eigenvalue weighted by Crippen LogP contribution is 2.30. The lowest BCUT2D eigenvalue weighted by atomic mass is 9.86. The van der Waals surface area contributed by atoms with Gasteiger partial charge in [-0.2, -0.15) is 0 Å². The van der Waals surface area contributed by atoms with Gasteiger partial charge in [0.25, 0.3) is 0 Å². The van der Waals surface area contributed by atoms with Crippen molar-refractivity contribution >= 4 is 11.8 Å². The minimum absolute atomic E-state index is 0.0436. The van der Waals surface area contributed by atoms with Crippen LogP contribution in [0.4, 0.5) is 0 Å². The van der Waals surface area contributed by atoms with E-state index in [2.05, 4.69) is 27.7 Å². The summed E-state index contributed by atoms with van der Waals surface area (Å²) in [7, 11) is 0. The maximum Gasteiger partial charge on any atom is 0.233 e. The molecule has 110 valence electrons. The number of rotatable bonds is 8. The summed E-state index contributed by atoms with van der Waals surface area (Å²) in [4.78, 5) is 25.8. The van der Waals surface area contributed by atoms with Gasteiger partial charge >= 0.3 is 0 Å². The van der Waals surface area contributed by atoms with Crippen LogP contribution < -0.4 is 0 Å². The average molecular weight is 267 g/mol. The molecule has 1 heterocycles. The summed E-state index contributed by atoms with van der Waals surface area (Å²) in [6.07, 6.45) is 5.88. The summed E-state index contributed by atoms with van der Waals surface area (Å²) < 4.78 is 0. The highest BCUT2D eigenvalue weighted by molar-refractivity contribution is 6.03. The van der Waals surface area contributed by atoms with Gasteiger partial charge in [-0.1, -0.05) is 47.0 Å². The molecule has 0 aromatic rings. The van der Waals surface area contributed by atoms with E-state index in [4.69, 9.17) is 0 Å². The second-order valence-electron chi connectivity index (χ2n) is 6.36. The fourth-order valence-corrected chi connectivity index (χ4v) is 2.99. The Labute approximate surface area is 117 Å². The lowest BCUT2D eigenvalue weighted by Gasteiger charge is -2.20. The largest absolute Gasteiger partial charge is 0.282 e. The summed E-state index contributed by atoms with van der Waals surface area (Å²) in [5.74, 6) is 0.950. The molecule has 0 aliphatic carbocycles. The maximum absolute atomic E-state index is 12.3. The Morgan fingerprint density at radius 1 is 1.16 bits per heavy atom. The first kappa shape index (κ1) is 16.2. The van der Waals surface area contributed by atoms with Crippen LogP contribution in [0.1, 0.15) is 66.2 Å². The standard InChI is InChI=1S/C16H29NO2/c1-5-6-7-8-9-17-15(18)11-14(16(17)19)13(4)10-12(2)3/h12-14H,5-11H2,1-4H3. The normalized spacial score (nSPS) is 21.5. The summed E-state index contributed by atoms with van der Waals surface area (Å²) in [6, 6.07) is 0. The number of hydrogen-bond acceptors (Lipinski definition) is 2. The molecule has 19 heavy (non-hydrogen) atoms. The number of nitrogens with zero attached hydrogens (tertiary/aromatic N) is 1. The SMILES string of the molecule is CCCCCCN1C(=O)CC(C(C)CC(C)C)C1=O. The van der Waals surface area contributed by atoms with Gasteiger partial charge in [0.05, 0.1) is 0 Å². The second kappa shape index (κ2) is 7.66. The van der Waals surface area contributed by atoms with E-state index in [-0.39, 0.29) is 17.7 Å². The van der Waals surface area contributed by atoms with Crippen LogP contribution in [0.5, 0.6) is 0 Å². The molecule has 3 nitrogen and oxygen atoms in total. The lowest BCUT2D eigenvalue weighted by molar-refractivity contribution is -0.139. The molecule has 2 unspecified atom stereocenters. The van der Waals surface area contributed by atoms with E-state index >= 15 is 0 Å². The number of carbonyl (C=O) groups excluding carboxylic acids is 2. The Bertz CT molecular complexity index is 312. The average Bonchev–Trinajstić information content (AvgIpc) is 2.61. The first-order valence-corrected chi connectivity index (χ1v) is 7.81. The van der Waals surface area contributed by atoms with Crippen LogP contribution in [0.25, 0.3) is 0 Å². The molecule has 0 radical (unpaired) electrons. The van der Waals surface area contributed by atoms with Gasteiger partial charge in [0, 0.05) is 18.9 Å². The minimum atomic E-state index is -0.0684. The number of amides is 2. The predicted molar refractivity (Wildman–Crippen MR) is 77.6 cm³/mol. The lowest BCUT2D eigenvalue weighted by Crippen LogP contribution is -2.33. The zero-order valence-electron chi connectivity index (χ0n) is 12.9. The van der Waals surface area contributed by atoms with Gasteiger partial charge in [0.15, 0.2) is 0 Å². The van der Waals surface area contributed by atoms with Crippen molar-refractivity contribution in [3.63, 3.8) is 0 Å². The molecule has 1 fully saturated rings. The topological polar surface area (TPSA) is 37.4 Å². The van der Waals surface area contributed by atoms with Crippen molar-refractivity contribution in [2.45, 2.75) is 66.2 Å². The third-order valence-electron chi connectivity index (χ3n) is 4.04. The Morgan fingerprint density at radius 2 is 1.84 bits per heavy atom. The Balaban J connectivity index is 2.48. The summed E-state index contributed by atoms with van der Waals surface area (Å²) >= 11 is 0. The first-order valence-electron chi connectivity index (χ1n) is 7.81. The van der Waals surface area contributed by atoms with E-state index in [0.717, 1.165) is 19.3 Å². The van der Waals surface area contributed by atoms with Gasteiger partial charge in [0.2, 0.25) is 11.8 Å². The van der Waals surface area contributed by atoms with Crippen LogP contribution >= 0.6 is 0 Å². The van der Waals surface area contributed by atoms with E-state index in [1.807, 2.05) is 0 Å². The van der Waals surface area contributed by atoms with E-state index in [1.165, 1.54) is 17.7 Å². The molecule has 0 aromatic carbocycles. The second-order valence-corrected chi connectivity index (χ2v) is 6.36. The van der Waals surface area contributed by atoms with Gasteiger partial charge < -0.3 is 0 Å². The Kier molecular flexibility index (Phi) is 6.53. The number of imide groups is 1. The quantitative estimate of drug-likeness (QED) is 0.497. The molecule has 0 bridgehead atoms. The smallest absolute Gasteiger partial charge is 0.233 e. The number of likely N-dealkylation sites (tertiary alicyclic amines) is 1. The van der Waals surface area contributed by atoms with Crippen molar-refractivity contribution in [3.8, 4) is 0 Å². The van der Waals surface area contributed by atoms with Crippen molar-refractivity contribution in [3.05, 3.63) is 0 Å². The first-order chi connectivity index (χ1) is 8.97. The number of unbranched alkanes of at least 4 members (excludes halogenated alkanes) is 3. The van der Waals surface area contributed by atoms with Crippen molar-refractivity contribution in [2.24, 2.45) is 17.8 Å². The van der Waals surface area contributed by atoms with Crippen LogP contribution in [0.3, 0.4) is 0 Å². The number of hydrogen-bond donors (Lipinski definition) is 0. The summed E-state index contributed by atoms with van der Waals surface area (Å²) in [6.45, 7) is 9.23. The van der Waals surface area contributed by atoms with Crippen LogP contribution in [0, 0.1) is 17.8 Å². The fraction of sp³-hybridized carbons (Fsp3) is 0.875. The molecule has 1 saturated heterocycles. The monoisotopic (exact) mass is 267 g/mol. The van der Waals surface area contributed by atoms with Gasteiger partial charge in [-0.3, -0.25) is 14.5 Å². The molecule has 0 aromatic heterocycles. The maximum atomic E-state index is 12.3. The van der Waals surface area contributed by atoms with Crippen LogP contribution in [-0.4, -0.2) is 23.3 Å². The molecule has 0 N–H and O–H groups in total. The van der Waals surface area contributed by atoms with Gasteiger partial charge in [-0.05, 0) is 24.7 Å². The molecule has 0 spiro atoms.